The Bertz CT molecular complexity index is 1260. The largest absolute Gasteiger partial charge is 0.481 e. The van der Waals surface area contributed by atoms with Crippen molar-refractivity contribution in [3.8, 4) is 0 Å². The van der Waals surface area contributed by atoms with Gasteiger partial charge in [0.05, 0.1) is 17.6 Å². The third-order valence-corrected chi connectivity index (χ3v) is 20.9. The summed E-state index contributed by atoms with van der Waals surface area (Å²) in [4.78, 5) is 22.8. The Morgan fingerprint density at radius 2 is 1.04 bits per heavy atom. The number of hydrogen-bond donors (Lipinski definition) is 1. The Hall–Kier alpha value is -2.07. The van der Waals surface area contributed by atoms with Gasteiger partial charge in [0.15, 0.2) is 16.6 Å². The molecule has 0 unspecified atom stereocenters. The molecule has 2 aliphatic rings. The van der Waals surface area contributed by atoms with Crippen LogP contribution in [0.25, 0.3) is 0 Å². The standard InChI is InChI=1S/C20H32O3Si.C20H32O2Si/c1-19(2,3)24(4,5)23-20(15-18(21)22)13-11-17(12-14-20)16-9-7-6-8-10-16;1-19(2,3)23(4,5)22-20(15-16-21)13-11-18(12-14-20)17-9-7-6-8-10-17/h6-10,17H,11-15H2,1-5H3,(H,21,22);6-10,16,18H,11-15H2,1-5H3. The van der Waals surface area contributed by atoms with E-state index in [1.165, 1.54) is 11.1 Å². The van der Waals surface area contributed by atoms with Gasteiger partial charge in [-0.2, -0.15) is 0 Å². The summed E-state index contributed by atoms with van der Waals surface area (Å²) in [6, 6.07) is 21.3. The van der Waals surface area contributed by atoms with Gasteiger partial charge in [0.25, 0.3) is 0 Å². The third-order valence-electron chi connectivity index (χ3n) is 11.8. The normalized spacial score (nSPS) is 25.7. The second kappa shape index (κ2) is 15.7. The van der Waals surface area contributed by atoms with Gasteiger partial charge in [0.1, 0.15) is 6.29 Å². The molecule has 0 aromatic heterocycles. The number of benzene rings is 2. The van der Waals surface area contributed by atoms with E-state index in [4.69, 9.17) is 8.85 Å². The summed E-state index contributed by atoms with van der Waals surface area (Å²) in [5.41, 5.74) is 2.09. The molecule has 0 amide bonds. The molecule has 0 aliphatic heterocycles. The number of rotatable bonds is 10. The van der Waals surface area contributed by atoms with E-state index in [1.54, 1.807) is 0 Å². The van der Waals surface area contributed by atoms with Crippen molar-refractivity contribution in [3.63, 3.8) is 0 Å². The Balaban J connectivity index is 0.000000256. The molecule has 0 saturated heterocycles. The first-order chi connectivity index (χ1) is 21.7. The average Bonchev–Trinajstić information content (AvgIpc) is 2.97. The predicted molar refractivity (Wildman–Crippen MR) is 200 cm³/mol. The topological polar surface area (TPSA) is 72.8 Å². The van der Waals surface area contributed by atoms with Crippen LogP contribution in [-0.2, 0) is 18.4 Å². The molecule has 0 bridgehead atoms. The molecule has 2 aromatic carbocycles. The summed E-state index contributed by atoms with van der Waals surface area (Å²) >= 11 is 0. The summed E-state index contributed by atoms with van der Waals surface area (Å²) in [6.45, 7) is 22.5. The molecule has 47 heavy (non-hydrogen) atoms. The SMILES string of the molecule is CC(C)(C)[Si](C)(C)OC1(CC(=O)O)CCC(c2ccccc2)CC1.CC(C)(C)[Si](C)(C)OC1(CC=O)CCC(c2ccccc2)CC1. The van der Waals surface area contributed by atoms with E-state index in [9.17, 15) is 14.7 Å². The lowest BCUT2D eigenvalue weighted by Gasteiger charge is -2.48. The highest BCUT2D eigenvalue weighted by Crippen LogP contribution is 2.48. The van der Waals surface area contributed by atoms with Crippen molar-refractivity contribution in [1.29, 1.82) is 0 Å². The summed E-state index contributed by atoms with van der Waals surface area (Å²) in [7, 11) is -3.86. The van der Waals surface area contributed by atoms with E-state index in [0.717, 1.165) is 57.7 Å². The van der Waals surface area contributed by atoms with Crippen molar-refractivity contribution >= 4 is 28.9 Å². The lowest BCUT2D eigenvalue weighted by Crippen LogP contribution is -2.51. The Morgan fingerprint density at radius 3 is 1.36 bits per heavy atom. The zero-order chi connectivity index (χ0) is 35.2. The second-order valence-electron chi connectivity index (χ2n) is 17.4. The molecule has 2 saturated carbocycles. The van der Waals surface area contributed by atoms with Crippen LogP contribution in [0.1, 0.15) is 129 Å². The number of aliphatic carboxylic acids is 1. The maximum absolute atomic E-state index is 11.5. The molecule has 5 nitrogen and oxygen atoms in total. The molecule has 0 atom stereocenters. The number of carboxylic acids is 1. The van der Waals surface area contributed by atoms with Gasteiger partial charge in [-0.15, -0.1) is 0 Å². The molecular formula is C40H64O5Si2. The highest BCUT2D eigenvalue weighted by Gasteiger charge is 2.48. The van der Waals surface area contributed by atoms with Crippen LogP contribution in [0, 0.1) is 0 Å². The van der Waals surface area contributed by atoms with Crippen molar-refractivity contribution in [3.05, 3.63) is 71.8 Å². The van der Waals surface area contributed by atoms with E-state index in [1.807, 2.05) is 6.07 Å². The Kier molecular flexibility index (Phi) is 13.1. The van der Waals surface area contributed by atoms with Crippen LogP contribution in [0.5, 0.6) is 0 Å². The first kappa shape index (κ1) is 39.4. The molecule has 4 rings (SSSR count). The molecule has 0 radical (unpaired) electrons. The number of aldehydes is 1. The van der Waals surface area contributed by atoms with E-state index >= 15 is 0 Å². The molecule has 1 N–H and O–H groups in total. The first-order valence-corrected chi connectivity index (χ1v) is 23.7. The van der Waals surface area contributed by atoms with Crippen LogP contribution >= 0.6 is 0 Å². The molecule has 2 aliphatic carbocycles. The molecule has 0 spiro atoms. The van der Waals surface area contributed by atoms with Gasteiger partial charge < -0.3 is 18.8 Å². The van der Waals surface area contributed by atoms with Gasteiger partial charge in [-0.25, -0.2) is 0 Å². The van der Waals surface area contributed by atoms with Crippen molar-refractivity contribution in [1.82, 2.24) is 0 Å². The highest BCUT2D eigenvalue weighted by atomic mass is 28.4. The van der Waals surface area contributed by atoms with Crippen LogP contribution < -0.4 is 0 Å². The number of hydrogen-bond acceptors (Lipinski definition) is 4. The zero-order valence-corrected chi connectivity index (χ0v) is 33.2. The van der Waals surface area contributed by atoms with Crippen molar-refractivity contribution < 1.29 is 23.5 Å². The van der Waals surface area contributed by atoms with Crippen LogP contribution in [0.3, 0.4) is 0 Å². The number of carbonyl (C=O) groups is 2. The molecule has 2 fully saturated rings. The van der Waals surface area contributed by atoms with E-state index in [0.29, 0.717) is 18.3 Å². The quantitative estimate of drug-likeness (QED) is 0.200. The van der Waals surface area contributed by atoms with Crippen LogP contribution in [0.4, 0.5) is 0 Å². The molecule has 262 valence electrons. The van der Waals surface area contributed by atoms with E-state index in [2.05, 4.69) is 122 Å². The van der Waals surface area contributed by atoms with Crippen LogP contribution in [0.2, 0.25) is 36.3 Å². The minimum atomic E-state index is -2.00. The van der Waals surface area contributed by atoms with Gasteiger partial charge >= 0.3 is 5.97 Å². The van der Waals surface area contributed by atoms with E-state index < -0.39 is 28.2 Å². The third kappa shape index (κ3) is 10.7. The summed E-state index contributed by atoms with van der Waals surface area (Å²) in [6.07, 6.45) is 9.65. The first-order valence-electron chi connectivity index (χ1n) is 17.9. The van der Waals surface area contributed by atoms with Crippen LogP contribution in [-0.4, -0.2) is 45.2 Å². The fourth-order valence-electron chi connectivity index (χ4n) is 6.88. The average molecular weight is 681 g/mol. The Morgan fingerprint density at radius 1 is 0.702 bits per heavy atom. The van der Waals surface area contributed by atoms with E-state index in [-0.39, 0.29) is 22.1 Å². The predicted octanol–water partition coefficient (Wildman–Crippen LogP) is 11.3. The highest BCUT2D eigenvalue weighted by molar-refractivity contribution is 6.74. The molecule has 7 heteroatoms. The van der Waals surface area contributed by atoms with Crippen molar-refractivity contribution in [2.75, 3.05) is 0 Å². The fourth-order valence-corrected chi connectivity index (χ4v) is 10.2. The maximum Gasteiger partial charge on any atom is 0.306 e. The second-order valence-corrected chi connectivity index (χ2v) is 26.9. The lowest BCUT2D eigenvalue weighted by molar-refractivity contribution is -0.143. The minimum Gasteiger partial charge on any atom is -0.481 e. The molecular weight excluding hydrogens is 617 g/mol. The minimum absolute atomic E-state index is 0.0920. The van der Waals surface area contributed by atoms with Gasteiger partial charge in [-0.1, -0.05) is 102 Å². The van der Waals surface area contributed by atoms with Gasteiger partial charge in [0, 0.05) is 6.42 Å². The van der Waals surface area contributed by atoms with Crippen LogP contribution in [0.15, 0.2) is 60.7 Å². The zero-order valence-electron chi connectivity index (χ0n) is 31.2. The summed E-state index contributed by atoms with van der Waals surface area (Å²) < 4.78 is 13.4. The maximum atomic E-state index is 11.5. The molecule has 2 aromatic rings. The lowest BCUT2D eigenvalue weighted by atomic mass is 9.75. The molecule has 0 heterocycles. The fraction of sp³-hybridized carbons (Fsp3) is 0.650. The Labute approximate surface area is 288 Å². The van der Waals surface area contributed by atoms with Crippen molar-refractivity contribution in [2.45, 2.75) is 165 Å². The van der Waals surface area contributed by atoms with Gasteiger partial charge in [-0.05, 0) is 111 Å². The smallest absolute Gasteiger partial charge is 0.306 e. The van der Waals surface area contributed by atoms with Gasteiger partial charge in [0.2, 0.25) is 0 Å². The number of carbonyl (C=O) groups excluding carboxylic acids is 1. The summed E-state index contributed by atoms with van der Waals surface area (Å²) in [5.74, 6) is 0.391. The summed E-state index contributed by atoms with van der Waals surface area (Å²) in [5, 5.41) is 9.72. The number of carboxylic acid groups (broad SMARTS) is 1. The monoisotopic (exact) mass is 680 g/mol. The van der Waals surface area contributed by atoms with Gasteiger partial charge in [-0.3, -0.25) is 4.79 Å². The van der Waals surface area contributed by atoms with Crippen molar-refractivity contribution in [2.24, 2.45) is 0 Å².